The molecule has 0 spiro atoms. The Bertz CT molecular complexity index is 256. The summed E-state index contributed by atoms with van der Waals surface area (Å²) < 4.78 is -1.89. The van der Waals surface area contributed by atoms with Crippen LogP contribution in [0.15, 0.2) is 12.7 Å². The minimum atomic E-state index is -1.89. The lowest BCUT2D eigenvalue weighted by Crippen LogP contribution is -2.44. The highest BCUT2D eigenvalue weighted by atomic mass is 35.6. The highest BCUT2D eigenvalue weighted by Crippen LogP contribution is 2.29. The Morgan fingerprint density at radius 2 is 1.88 bits per heavy atom. The molecule has 0 unspecified atom stereocenters. The first-order valence-corrected chi connectivity index (χ1v) is 6.59. The van der Waals surface area contributed by atoms with E-state index in [0.29, 0.717) is 5.92 Å². The Hall–Kier alpha value is 0.0800. The molecule has 1 aliphatic rings. The van der Waals surface area contributed by atoms with Gasteiger partial charge in [0.2, 0.25) is 0 Å². The van der Waals surface area contributed by atoms with E-state index in [1.807, 2.05) is 0 Å². The number of amides is 1. The zero-order valence-electron chi connectivity index (χ0n) is 9.02. The van der Waals surface area contributed by atoms with Crippen molar-refractivity contribution in [3.63, 3.8) is 0 Å². The monoisotopic (exact) mass is 283 g/mol. The molecule has 1 amide bonds. The number of alkyl halides is 3. The van der Waals surface area contributed by atoms with Gasteiger partial charge in [-0.1, -0.05) is 60.1 Å². The quantitative estimate of drug-likeness (QED) is 0.622. The van der Waals surface area contributed by atoms with E-state index in [1.165, 1.54) is 19.3 Å². The lowest BCUT2D eigenvalue weighted by atomic mass is 9.84. The van der Waals surface area contributed by atoms with Gasteiger partial charge in [0.1, 0.15) is 0 Å². The van der Waals surface area contributed by atoms with Crippen LogP contribution < -0.4 is 5.32 Å². The summed E-state index contributed by atoms with van der Waals surface area (Å²) in [5.74, 6) is -0.157. The summed E-state index contributed by atoms with van der Waals surface area (Å²) in [5, 5.41) is 2.72. The molecular formula is C11H16Cl3NO. The number of rotatable bonds is 3. The second kappa shape index (κ2) is 6.13. The molecule has 16 heavy (non-hydrogen) atoms. The fraction of sp³-hybridized carbons (Fsp3) is 0.727. The molecule has 1 rings (SSSR count). The first-order valence-electron chi connectivity index (χ1n) is 5.45. The number of hydrogen-bond acceptors (Lipinski definition) is 1. The third-order valence-electron chi connectivity index (χ3n) is 2.97. The summed E-state index contributed by atoms with van der Waals surface area (Å²) in [5.41, 5.74) is 0. The van der Waals surface area contributed by atoms with Gasteiger partial charge in [-0.25, -0.2) is 0 Å². The van der Waals surface area contributed by atoms with Crippen LogP contribution in [0, 0.1) is 5.92 Å². The van der Waals surface area contributed by atoms with Gasteiger partial charge in [-0.05, 0) is 18.8 Å². The summed E-state index contributed by atoms with van der Waals surface area (Å²) in [6.45, 7) is 3.73. The standard InChI is InChI=1S/C11H16Cl3NO/c1-2-9(8-6-4-3-5-7-8)15-10(16)11(12,13)14/h2,8-9H,1,3-7H2,(H,15,16)/t9-/m1/s1. The maximum atomic E-state index is 11.5. The fourth-order valence-electron chi connectivity index (χ4n) is 2.10. The Labute approximate surface area is 111 Å². The van der Waals surface area contributed by atoms with Crippen molar-refractivity contribution in [2.45, 2.75) is 41.9 Å². The number of carbonyl (C=O) groups excluding carboxylic acids is 1. The molecule has 0 aromatic heterocycles. The number of hydrogen-bond donors (Lipinski definition) is 1. The third-order valence-corrected chi connectivity index (χ3v) is 3.48. The Morgan fingerprint density at radius 1 is 1.31 bits per heavy atom. The van der Waals surface area contributed by atoms with Crippen molar-refractivity contribution < 1.29 is 4.79 Å². The van der Waals surface area contributed by atoms with Gasteiger partial charge in [0, 0.05) is 6.04 Å². The van der Waals surface area contributed by atoms with E-state index in [4.69, 9.17) is 34.8 Å². The predicted octanol–water partition coefficient (Wildman–Crippen LogP) is 3.61. The number of halogens is 3. The minimum Gasteiger partial charge on any atom is -0.346 e. The van der Waals surface area contributed by atoms with Gasteiger partial charge >= 0.3 is 0 Å². The summed E-state index contributed by atoms with van der Waals surface area (Å²) in [7, 11) is 0. The van der Waals surface area contributed by atoms with Crippen molar-refractivity contribution >= 4 is 40.7 Å². The summed E-state index contributed by atoms with van der Waals surface area (Å²) in [4.78, 5) is 11.5. The van der Waals surface area contributed by atoms with E-state index >= 15 is 0 Å². The van der Waals surface area contributed by atoms with E-state index in [2.05, 4.69) is 11.9 Å². The Morgan fingerprint density at radius 3 is 2.31 bits per heavy atom. The highest BCUT2D eigenvalue weighted by Gasteiger charge is 2.33. The smallest absolute Gasteiger partial charge is 0.272 e. The molecule has 0 saturated heterocycles. The van der Waals surface area contributed by atoms with Gasteiger partial charge in [0.05, 0.1) is 0 Å². The normalized spacial score (nSPS) is 20.2. The van der Waals surface area contributed by atoms with Gasteiger partial charge < -0.3 is 5.32 Å². The minimum absolute atomic E-state index is 0.0941. The van der Waals surface area contributed by atoms with Crippen LogP contribution in [0.1, 0.15) is 32.1 Å². The molecule has 1 N–H and O–H groups in total. The van der Waals surface area contributed by atoms with E-state index in [1.54, 1.807) is 6.08 Å². The molecule has 0 aromatic rings. The van der Waals surface area contributed by atoms with Crippen LogP contribution in [-0.2, 0) is 4.79 Å². The van der Waals surface area contributed by atoms with Crippen LogP contribution in [0.4, 0.5) is 0 Å². The largest absolute Gasteiger partial charge is 0.346 e. The Kier molecular flexibility index (Phi) is 5.42. The molecule has 1 fully saturated rings. The average Bonchev–Trinajstić information content (AvgIpc) is 2.25. The highest BCUT2D eigenvalue weighted by molar-refractivity contribution is 6.76. The molecule has 1 atom stereocenters. The van der Waals surface area contributed by atoms with Crippen LogP contribution >= 0.6 is 34.8 Å². The van der Waals surface area contributed by atoms with Crippen LogP contribution in [0.25, 0.3) is 0 Å². The van der Waals surface area contributed by atoms with Crippen LogP contribution in [-0.4, -0.2) is 15.7 Å². The van der Waals surface area contributed by atoms with Gasteiger partial charge in [0.15, 0.2) is 0 Å². The Balaban J connectivity index is 2.54. The van der Waals surface area contributed by atoms with Crippen molar-refractivity contribution in [1.82, 2.24) is 5.32 Å². The lowest BCUT2D eigenvalue weighted by Gasteiger charge is -2.29. The van der Waals surface area contributed by atoms with Crippen LogP contribution in [0.3, 0.4) is 0 Å². The molecule has 1 aliphatic carbocycles. The number of carbonyl (C=O) groups is 1. The topological polar surface area (TPSA) is 29.1 Å². The summed E-state index contributed by atoms with van der Waals surface area (Å²) in [6.07, 6.45) is 7.56. The zero-order chi connectivity index (χ0) is 12.2. The van der Waals surface area contributed by atoms with Crippen molar-refractivity contribution in [1.29, 1.82) is 0 Å². The van der Waals surface area contributed by atoms with Gasteiger partial charge in [-0.2, -0.15) is 0 Å². The maximum Gasteiger partial charge on any atom is 0.272 e. The van der Waals surface area contributed by atoms with Gasteiger partial charge in [0.25, 0.3) is 9.70 Å². The summed E-state index contributed by atoms with van der Waals surface area (Å²) >= 11 is 16.5. The molecule has 0 heterocycles. The van der Waals surface area contributed by atoms with Gasteiger partial charge in [-0.3, -0.25) is 4.79 Å². The second-order valence-electron chi connectivity index (χ2n) is 4.13. The maximum absolute atomic E-state index is 11.5. The third kappa shape index (κ3) is 4.15. The molecule has 2 nitrogen and oxygen atoms in total. The van der Waals surface area contributed by atoms with E-state index in [0.717, 1.165) is 12.8 Å². The molecule has 92 valence electrons. The van der Waals surface area contributed by atoms with Crippen molar-refractivity contribution in [2.24, 2.45) is 5.92 Å². The molecule has 1 saturated carbocycles. The average molecular weight is 285 g/mol. The van der Waals surface area contributed by atoms with Crippen molar-refractivity contribution in [2.75, 3.05) is 0 Å². The first kappa shape index (κ1) is 14.1. The van der Waals surface area contributed by atoms with E-state index < -0.39 is 9.70 Å². The van der Waals surface area contributed by atoms with Gasteiger partial charge in [-0.15, -0.1) is 6.58 Å². The van der Waals surface area contributed by atoms with Crippen LogP contribution in [0.2, 0.25) is 0 Å². The predicted molar refractivity (Wildman–Crippen MR) is 69.0 cm³/mol. The van der Waals surface area contributed by atoms with E-state index in [9.17, 15) is 4.79 Å². The number of nitrogens with one attached hydrogen (secondary N) is 1. The molecule has 0 aromatic carbocycles. The van der Waals surface area contributed by atoms with Crippen molar-refractivity contribution in [3.8, 4) is 0 Å². The van der Waals surface area contributed by atoms with Crippen molar-refractivity contribution in [3.05, 3.63) is 12.7 Å². The second-order valence-corrected chi connectivity index (χ2v) is 6.41. The van der Waals surface area contributed by atoms with E-state index in [-0.39, 0.29) is 6.04 Å². The molecule has 0 radical (unpaired) electrons. The first-order chi connectivity index (χ1) is 7.45. The fourth-order valence-corrected chi connectivity index (χ4v) is 2.26. The zero-order valence-corrected chi connectivity index (χ0v) is 11.3. The molecule has 5 heteroatoms. The molecule has 0 aliphatic heterocycles. The van der Waals surface area contributed by atoms with Crippen LogP contribution in [0.5, 0.6) is 0 Å². The summed E-state index contributed by atoms with van der Waals surface area (Å²) in [6, 6.07) is -0.0941. The lowest BCUT2D eigenvalue weighted by molar-refractivity contribution is -0.121. The SMILES string of the molecule is C=C[C@@H](NC(=O)C(Cl)(Cl)Cl)C1CCCCC1. The molecular weight excluding hydrogens is 268 g/mol. The molecule has 0 bridgehead atoms.